The second-order valence-electron chi connectivity index (χ2n) is 6.38. The number of primary amides is 1. The Kier molecular flexibility index (Phi) is 7.84. The molecular weight excluding hydrogens is 362 g/mol. The molecule has 0 unspecified atom stereocenters. The van der Waals surface area contributed by atoms with Crippen molar-refractivity contribution < 1.29 is 9.59 Å². The number of aryl methyl sites for hydroxylation is 1. The van der Waals surface area contributed by atoms with Crippen LogP contribution in [0.1, 0.15) is 50.9 Å². The van der Waals surface area contributed by atoms with Crippen LogP contribution in [0.15, 0.2) is 29.4 Å². The van der Waals surface area contributed by atoms with Crippen LogP contribution < -0.4 is 11.1 Å². The van der Waals surface area contributed by atoms with Gasteiger partial charge in [0.25, 0.3) is 0 Å². The highest BCUT2D eigenvalue weighted by molar-refractivity contribution is 7.99. The number of hydrogen-bond acceptors (Lipinski definition) is 5. The fourth-order valence-electron chi connectivity index (χ4n) is 2.62. The number of rotatable bonds is 10. The minimum Gasteiger partial charge on any atom is -0.370 e. The van der Waals surface area contributed by atoms with Crippen LogP contribution in [0.5, 0.6) is 0 Å². The first kappa shape index (κ1) is 21.0. The number of benzene rings is 1. The van der Waals surface area contributed by atoms with Crippen molar-refractivity contribution in [2.75, 3.05) is 11.1 Å². The molecule has 1 aromatic heterocycles. The number of hydrogen-bond donors (Lipinski definition) is 2. The molecule has 0 aliphatic rings. The summed E-state index contributed by atoms with van der Waals surface area (Å²) in [6, 6.07) is 7.96. The molecule has 0 radical (unpaired) electrons. The van der Waals surface area contributed by atoms with E-state index in [-0.39, 0.29) is 24.0 Å². The third-order valence-electron chi connectivity index (χ3n) is 4.41. The van der Waals surface area contributed by atoms with E-state index < -0.39 is 0 Å². The number of carbonyl (C=O) groups excluding carboxylic acids is 2. The summed E-state index contributed by atoms with van der Waals surface area (Å²) in [7, 11) is 0. The first-order chi connectivity index (χ1) is 12.9. The van der Waals surface area contributed by atoms with Crippen molar-refractivity contribution >= 4 is 29.3 Å². The van der Waals surface area contributed by atoms with Crippen LogP contribution >= 0.6 is 11.8 Å². The van der Waals surface area contributed by atoms with Gasteiger partial charge in [0.15, 0.2) is 5.16 Å². The maximum atomic E-state index is 12.2. The van der Waals surface area contributed by atoms with Crippen LogP contribution in [-0.2, 0) is 22.6 Å². The second-order valence-corrected chi connectivity index (χ2v) is 7.32. The largest absolute Gasteiger partial charge is 0.370 e. The van der Waals surface area contributed by atoms with Crippen LogP contribution in [-0.4, -0.2) is 32.3 Å². The number of nitrogens with one attached hydrogen (secondary N) is 1. The number of aromatic nitrogens is 3. The van der Waals surface area contributed by atoms with Gasteiger partial charge in [0.05, 0.1) is 5.75 Å². The average molecular weight is 390 g/mol. The number of anilines is 1. The van der Waals surface area contributed by atoms with Crippen molar-refractivity contribution in [1.29, 1.82) is 0 Å². The lowest BCUT2D eigenvalue weighted by molar-refractivity contribution is -0.118. The fraction of sp³-hybridized carbons (Fsp3) is 0.474. The summed E-state index contributed by atoms with van der Waals surface area (Å²) < 4.78 is 1.90. The van der Waals surface area contributed by atoms with Crippen LogP contribution in [0.3, 0.4) is 0 Å². The lowest BCUT2D eigenvalue weighted by Gasteiger charge is -2.10. The highest BCUT2D eigenvalue weighted by Gasteiger charge is 2.14. The predicted molar refractivity (Wildman–Crippen MR) is 108 cm³/mol. The average Bonchev–Trinajstić information content (AvgIpc) is 3.06. The van der Waals surface area contributed by atoms with Gasteiger partial charge >= 0.3 is 0 Å². The van der Waals surface area contributed by atoms with Crippen molar-refractivity contribution in [3.8, 4) is 0 Å². The molecule has 0 bridgehead atoms. The van der Waals surface area contributed by atoms with Gasteiger partial charge < -0.3 is 15.6 Å². The molecule has 0 saturated heterocycles. The normalized spacial score (nSPS) is 12.0. The van der Waals surface area contributed by atoms with Gasteiger partial charge in [-0.25, -0.2) is 0 Å². The molecule has 0 saturated carbocycles. The van der Waals surface area contributed by atoms with Gasteiger partial charge in [-0.1, -0.05) is 37.7 Å². The zero-order chi connectivity index (χ0) is 19.8. The van der Waals surface area contributed by atoms with E-state index in [1.54, 1.807) is 0 Å². The van der Waals surface area contributed by atoms with Crippen LogP contribution in [0.4, 0.5) is 5.69 Å². The third kappa shape index (κ3) is 6.09. The molecule has 0 aliphatic carbocycles. The smallest absolute Gasteiger partial charge is 0.234 e. The molecule has 8 heteroatoms. The predicted octanol–water partition coefficient (Wildman–Crippen LogP) is 2.96. The molecule has 2 rings (SSSR count). The molecule has 3 N–H and O–H groups in total. The Morgan fingerprint density at radius 2 is 1.93 bits per heavy atom. The lowest BCUT2D eigenvalue weighted by Crippen LogP contribution is -2.15. The maximum absolute atomic E-state index is 12.2. The summed E-state index contributed by atoms with van der Waals surface area (Å²) in [5, 5.41) is 11.8. The van der Waals surface area contributed by atoms with Gasteiger partial charge in [0.2, 0.25) is 11.8 Å². The van der Waals surface area contributed by atoms with Gasteiger partial charge in [-0.05, 0) is 37.0 Å². The molecule has 2 aromatic rings. The minimum atomic E-state index is -0.367. The Bertz CT molecular complexity index is 773. The quantitative estimate of drug-likeness (QED) is 0.608. The van der Waals surface area contributed by atoms with Crippen molar-refractivity contribution in [3.05, 3.63) is 35.7 Å². The Labute approximate surface area is 164 Å². The molecule has 27 heavy (non-hydrogen) atoms. The zero-order valence-corrected chi connectivity index (χ0v) is 16.9. The standard InChI is InChI=1S/C19H27N5O2S/c1-4-13(3)14-6-8-15(9-7-14)21-18(26)12-27-19-23-22-17(24(19)5-2)11-10-16(20)25/h6-9,13H,4-5,10-12H2,1-3H3,(H2,20,25)(H,21,26)/t13-/m1/s1. The molecule has 0 aliphatic heterocycles. The lowest BCUT2D eigenvalue weighted by atomic mass is 9.99. The van der Waals surface area contributed by atoms with Crippen molar-refractivity contribution in [2.24, 2.45) is 5.73 Å². The Balaban J connectivity index is 1.90. The highest BCUT2D eigenvalue weighted by atomic mass is 32.2. The van der Waals surface area contributed by atoms with E-state index in [9.17, 15) is 9.59 Å². The monoisotopic (exact) mass is 389 g/mol. The zero-order valence-electron chi connectivity index (χ0n) is 16.1. The van der Waals surface area contributed by atoms with E-state index in [1.807, 2.05) is 23.6 Å². The Morgan fingerprint density at radius 1 is 1.22 bits per heavy atom. The van der Waals surface area contributed by atoms with Crippen molar-refractivity contribution in [2.45, 2.75) is 57.7 Å². The molecule has 7 nitrogen and oxygen atoms in total. The van der Waals surface area contributed by atoms with Crippen molar-refractivity contribution in [3.63, 3.8) is 0 Å². The Morgan fingerprint density at radius 3 is 2.52 bits per heavy atom. The van der Waals surface area contributed by atoms with Gasteiger partial charge in [0, 0.05) is 25.1 Å². The van der Waals surface area contributed by atoms with E-state index in [0.717, 1.165) is 12.1 Å². The molecular formula is C19H27N5O2S. The molecule has 2 amide bonds. The van der Waals surface area contributed by atoms with Crippen molar-refractivity contribution in [1.82, 2.24) is 14.8 Å². The number of amides is 2. The van der Waals surface area contributed by atoms with Gasteiger partial charge in [-0.3, -0.25) is 9.59 Å². The van der Waals surface area contributed by atoms with Crippen LogP contribution in [0.25, 0.3) is 0 Å². The summed E-state index contributed by atoms with van der Waals surface area (Å²) in [6.07, 6.45) is 1.77. The summed E-state index contributed by atoms with van der Waals surface area (Å²) in [6.45, 7) is 6.99. The topological polar surface area (TPSA) is 103 Å². The van der Waals surface area contributed by atoms with Gasteiger partial charge in [-0.2, -0.15) is 0 Å². The van der Waals surface area contributed by atoms with Gasteiger partial charge in [-0.15, -0.1) is 10.2 Å². The second kappa shape index (κ2) is 10.1. The molecule has 0 spiro atoms. The van der Waals surface area contributed by atoms with Crippen LogP contribution in [0, 0.1) is 0 Å². The molecule has 1 aromatic carbocycles. The number of thioether (sulfide) groups is 1. The number of nitrogens with zero attached hydrogens (tertiary/aromatic N) is 3. The Hall–Kier alpha value is -2.35. The molecule has 1 heterocycles. The van der Waals surface area contributed by atoms with E-state index in [2.05, 4.69) is 41.5 Å². The summed E-state index contributed by atoms with van der Waals surface area (Å²) >= 11 is 1.33. The van der Waals surface area contributed by atoms with Crippen LogP contribution in [0.2, 0.25) is 0 Å². The number of nitrogens with two attached hydrogens (primary N) is 1. The highest BCUT2D eigenvalue weighted by Crippen LogP contribution is 2.21. The summed E-state index contributed by atoms with van der Waals surface area (Å²) in [4.78, 5) is 23.2. The molecule has 146 valence electrons. The molecule has 0 fully saturated rings. The van der Waals surface area contributed by atoms with E-state index in [4.69, 9.17) is 5.73 Å². The molecule has 1 atom stereocenters. The van der Waals surface area contributed by atoms with E-state index in [1.165, 1.54) is 17.3 Å². The third-order valence-corrected chi connectivity index (χ3v) is 5.38. The first-order valence-corrected chi connectivity index (χ1v) is 10.2. The fourth-order valence-corrected chi connectivity index (χ4v) is 3.44. The minimum absolute atomic E-state index is 0.0966. The number of carbonyl (C=O) groups is 2. The summed E-state index contributed by atoms with van der Waals surface area (Å²) in [5.74, 6) is 0.990. The first-order valence-electron chi connectivity index (χ1n) is 9.17. The van der Waals surface area contributed by atoms with E-state index in [0.29, 0.717) is 29.9 Å². The SMILES string of the molecule is CC[C@@H](C)c1ccc(NC(=O)CSc2nnc(CCC(N)=O)n2CC)cc1. The summed E-state index contributed by atoms with van der Waals surface area (Å²) in [5.41, 5.74) is 7.24. The maximum Gasteiger partial charge on any atom is 0.234 e. The van der Waals surface area contributed by atoms with E-state index >= 15 is 0 Å². The van der Waals surface area contributed by atoms with Gasteiger partial charge in [0.1, 0.15) is 5.82 Å².